The Kier molecular flexibility index (Phi) is 2.20. The Morgan fingerprint density at radius 2 is 2.33 bits per heavy atom. The van der Waals surface area contributed by atoms with Gasteiger partial charge in [-0.3, -0.25) is 0 Å². The van der Waals surface area contributed by atoms with Gasteiger partial charge in [-0.15, -0.1) is 0 Å². The molecule has 2 unspecified atom stereocenters. The van der Waals surface area contributed by atoms with Crippen molar-refractivity contribution >= 4 is 11.3 Å². The number of aliphatic hydroxyl groups is 1. The third-order valence-electron chi connectivity index (χ3n) is 2.75. The van der Waals surface area contributed by atoms with Gasteiger partial charge in [0.2, 0.25) is 0 Å². The summed E-state index contributed by atoms with van der Waals surface area (Å²) in [4.78, 5) is 0. The Labute approximate surface area is 77.0 Å². The van der Waals surface area contributed by atoms with Crippen LogP contribution < -0.4 is 0 Å². The molecule has 0 aliphatic heterocycles. The van der Waals surface area contributed by atoms with Crippen LogP contribution in [-0.2, 0) is 0 Å². The van der Waals surface area contributed by atoms with Crippen LogP contribution in [0.5, 0.6) is 0 Å². The molecule has 12 heavy (non-hydrogen) atoms. The highest BCUT2D eigenvalue weighted by Crippen LogP contribution is 2.42. The van der Waals surface area contributed by atoms with Crippen LogP contribution in [0.25, 0.3) is 0 Å². The van der Waals surface area contributed by atoms with Gasteiger partial charge in [-0.05, 0) is 47.1 Å². The maximum atomic E-state index is 9.90. The molecule has 1 aliphatic carbocycles. The largest absolute Gasteiger partial charge is 0.388 e. The van der Waals surface area contributed by atoms with Crippen molar-refractivity contribution in [2.24, 2.45) is 11.8 Å². The summed E-state index contributed by atoms with van der Waals surface area (Å²) in [6.07, 6.45) is 2.38. The Hall–Kier alpha value is -0.340. The van der Waals surface area contributed by atoms with Crippen LogP contribution >= 0.6 is 11.3 Å². The predicted molar refractivity (Wildman–Crippen MR) is 51.2 cm³/mol. The second-order valence-electron chi connectivity index (χ2n) is 3.70. The molecule has 1 saturated carbocycles. The zero-order valence-electron chi connectivity index (χ0n) is 7.23. The molecule has 0 amide bonds. The predicted octanol–water partition coefficient (Wildman–Crippen LogP) is 2.83. The summed E-state index contributed by atoms with van der Waals surface area (Å²) in [5.74, 6) is 1.22. The average Bonchev–Trinajstić information content (AvgIpc) is 2.79. The van der Waals surface area contributed by atoms with Gasteiger partial charge < -0.3 is 5.11 Å². The minimum Gasteiger partial charge on any atom is -0.388 e. The van der Waals surface area contributed by atoms with Gasteiger partial charge in [0.1, 0.15) is 0 Å². The van der Waals surface area contributed by atoms with E-state index >= 15 is 0 Å². The van der Waals surface area contributed by atoms with Crippen molar-refractivity contribution in [3.8, 4) is 0 Å². The lowest BCUT2D eigenvalue weighted by molar-refractivity contribution is 0.106. The lowest BCUT2D eigenvalue weighted by Crippen LogP contribution is -2.09. The zero-order valence-corrected chi connectivity index (χ0v) is 8.05. The lowest BCUT2D eigenvalue weighted by atomic mass is 9.95. The van der Waals surface area contributed by atoms with Crippen molar-refractivity contribution < 1.29 is 5.11 Å². The van der Waals surface area contributed by atoms with E-state index in [0.717, 1.165) is 11.5 Å². The molecule has 0 bridgehead atoms. The van der Waals surface area contributed by atoms with Gasteiger partial charge in [0.15, 0.2) is 0 Å². The van der Waals surface area contributed by atoms with Gasteiger partial charge >= 0.3 is 0 Å². The number of hydrogen-bond donors (Lipinski definition) is 1. The van der Waals surface area contributed by atoms with Crippen LogP contribution in [0.4, 0.5) is 0 Å². The van der Waals surface area contributed by atoms with E-state index in [1.165, 1.54) is 12.8 Å². The summed E-state index contributed by atoms with van der Waals surface area (Å²) in [6.45, 7) is 2.15. The minimum atomic E-state index is -0.233. The second-order valence-corrected chi connectivity index (χ2v) is 4.48. The number of hydrogen-bond acceptors (Lipinski definition) is 2. The van der Waals surface area contributed by atoms with Crippen molar-refractivity contribution in [3.63, 3.8) is 0 Å². The van der Waals surface area contributed by atoms with Crippen LogP contribution in [-0.4, -0.2) is 5.11 Å². The van der Waals surface area contributed by atoms with E-state index in [-0.39, 0.29) is 6.10 Å². The first kappa shape index (κ1) is 8.27. The van der Waals surface area contributed by atoms with E-state index in [1.54, 1.807) is 11.3 Å². The molecule has 1 nitrogen and oxygen atoms in total. The first-order valence-corrected chi connectivity index (χ1v) is 5.43. The molecule has 0 aromatic carbocycles. The first-order chi connectivity index (χ1) is 5.79. The van der Waals surface area contributed by atoms with E-state index in [2.05, 4.69) is 6.92 Å². The molecule has 66 valence electrons. The smallest absolute Gasteiger partial charge is 0.0826 e. The molecule has 1 aromatic rings. The molecule has 2 heteroatoms. The second kappa shape index (κ2) is 3.19. The summed E-state index contributed by atoms with van der Waals surface area (Å²) >= 11 is 1.66. The summed E-state index contributed by atoms with van der Waals surface area (Å²) in [5.41, 5.74) is 1.10. The highest BCUT2D eigenvalue weighted by atomic mass is 32.1. The van der Waals surface area contributed by atoms with E-state index in [1.807, 2.05) is 16.8 Å². The maximum Gasteiger partial charge on any atom is 0.0826 e. The summed E-state index contributed by atoms with van der Waals surface area (Å²) in [7, 11) is 0. The van der Waals surface area contributed by atoms with Crippen LogP contribution in [0.15, 0.2) is 16.8 Å². The van der Waals surface area contributed by atoms with Crippen molar-refractivity contribution in [1.29, 1.82) is 0 Å². The summed E-state index contributed by atoms with van der Waals surface area (Å²) < 4.78 is 0. The maximum absolute atomic E-state index is 9.90. The quantitative estimate of drug-likeness (QED) is 0.762. The Morgan fingerprint density at radius 1 is 1.58 bits per heavy atom. The molecule has 0 spiro atoms. The SMILES string of the molecule is CC(C1CC1)C(O)c1ccsc1. The third-order valence-corrected chi connectivity index (χ3v) is 3.45. The first-order valence-electron chi connectivity index (χ1n) is 4.49. The van der Waals surface area contributed by atoms with Gasteiger partial charge in [0.25, 0.3) is 0 Å². The highest BCUT2D eigenvalue weighted by Gasteiger charge is 2.33. The van der Waals surface area contributed by atoms with Crippen molar-refractivity contribution in [1.82, 2.24) is 0 Å². The Morgan fingerprint density at radius 3 is 2.83 bits per heavy atom. The molecule has 0 radical (unpaired) electrons. The molecule has 1 aromatic heterocycles. The zero-order chi connectivity index (χ0) is 8.55. The number of aliphatic hydroxyl groups excluding tert-OH is 1. The Balaban J connectivity index is 2.03. The van der Waals surface area contributed by atoms with Gasteiger partial charge in [-0.25, -0.2) is 0 Å². The van der Waals surface area contributed by atoms with Crippen LogP contribution in [0.3, 0.4) is 0 Å². The van der Waals surface area contributed by atoms with Gasteiger partial charge in [-0.1, -0.05) is 6.92 Å². The topological polar surface area (TPSA) is 20.2 Å². The molecule has 2 atom stereocenters. The van der Waals surface area contributed by atoms with Gasteiger partial charge in [0, 0.05) is 0 Å². The molecular formula is C10H14OS. The fraction of sp³-hybridized carbons (Fsp3) is 0.600. The van der Waals surface area contributed by atoms with Crippen LogP contribution in [0.2, 0.25) is 0 Å². The fourth-order valence-electron chi connectivity index (χ4n) is 1.63. The van der Waals surface area contributed by atoms with Crippen LogP contribution in [0.1, 0.15) is 31.4 Å². The van der Waals surface area contributed by atoms with E-state index < -0.39 is 0 Å². The van der Waals surface area contributed by atoms with E-state index in [9.17, 15) is 5.11 Å². The summed E-state index contributed by atoms with van der Waals surface area (Å²) in [6, 6.07) is 2.02. The van der Waals surface area contributed by atoms with Gasteiger partial charge in [0.05, 0.1) is 6.10 Å². The molecule has 2 rings (SSSR count). The molecule has 0 saturated heterocycles. The average molecular weight is 182 g/mol. The fourth-order valence-corrected chi connectivity index (χ4v) is 2.32. The molecule has 1 N–H and O–H groups in total. The third kappa shape index (κ3) is 1.54. The molecular weight excluding hydrogens is 168 g/mol. The lowest BCUT2D eigenvalue weighted by Gasteiger charge is -2.16. The molecule has 1 heterocycles. The number of thiophene rings is 1. The van der Waals surface area contributed by atoms with Crippen LogP contribution in [0, 0.1) is 11.8 Å². The monoisotopic (exact) mass is 182 g/mol. The van der Waals surface area contributed by atoms with Crippen molar-refractivity contribution in [2.45, 2.75) is 25.9 Å². The highest BCUT2D eigenvalue weighted by molar-refractivity contribution is 7.07. The summed E-state index contributed by atoms with van der Waals surface area (Å²) in [5, 5.41) is 14.0. The van der Waals surface area contributed by atoms with E-state index in [4.69, 9.17) is 0 Å². The Bertz CT molecular complexity index is 238. The standard InChI is InChI=1S/C10H14OS/c1-7(8-2-3-8)10(11)9-4-5-12-6-9/h4-8,10-11H,2-3H2,1H3. The normalized spacial score (nSPS) is 22.2. The van der Waals surface area contributed by atoms with E-state index in [0.29, 0.717) is 5.92 Å². The molecule has 1 aliphatic rings. The number of rotatable bonds is 3. The van der Waals surface area contributed by atoms with Crippen molar-refractivity contribution in [2.75, 3.05) is 0 Å². The molecule has 1 fully saturated rings. The van der Waals surface area contributed by atoms with Crippen molar-refractivity contribution in [3.05, 3.63) is 22.4 Å². The minimum absolute atomic E-state index is 0.233. The van der Waals surface area contributed by atoms with Gasteiger partial charge in [-0.2, -0.15) is 11.3 Å².